The molecule has 7 nitrogen and oxygen atoms in total. The highest BCUT2D eigenvalue weighted by atomic mass is 16.6. The van der Waals surface area contributed by atoms with Crippen LogP contribution in [0, 0.1) is 5.92 Å². The summed E-state index contributed by atoms with van der Waals surface area (Å²) in [5.74, 6) is -1.49. The van der Waals surface area contributed by atoms with E-state index in [1.807, 2.05) is 30.3 Å². The molecule has 0 radical (unpaired) electrons. The summed E-state index contributed by atoms with van der Waals surface area (Å²) < 4.78 is 5.44. The average molecular weight is 376 g/mol. The van der Waals surface area contributed by atoms with Crippen molar-refractivity contribution in [3.63, 3.8) is 0 Å². The van der Waals surface area contributed by atoms with Crippen LogP contribution in [0.2, 0.25) is 0 Å². The van der Waals surface area contributed by atoms with Gasteiger partial charge in [0.1, 0.15) is 17.7 Å². The van der Waals surface area contributed by atoms with Gasteiger partial charge in [0.15, 0.2) is 0 Å². The molecule has 0 saturated carbocycles. The minimum atomic E-state index is -1.12. The number of aliphatic carboxylic acids is 1. The summed E-state index contributed by atoms with van der Waals surface area (Å²) in [6.45, 7) is 7.09. The summed E-state index contributed by atoms with van der Waals surface area (Å²) in [4.78, 5) is 37.7. The molecule has 1 heterocycles. The van der Waals surface area contributed by atoms with Crippen LogP contribution in [0.1, 0.15) is 39.7 Å². The van der Waals surface area contributed by atoms with Gasteiger partial charge in [0.25, 0.3) is 0 Å². The molecule has 1 aliphatic rings. The van der Waals surface area contributed by atoms with Gasteiger partial charge in [0, 0.05) is 6.54 Å². The first-order valence-electron chi connectivity index (χ1n) is 9.13. The maximum atomic E-state index is 12.6. The van der Waals surface area contributed by atoms with Crippen molar-refractivity contribution in [3.05, 3.63) is 35.9 Å². The molecule has 2 amide bonds. The van der Waals surface area contributed by atoms with Crippen LogP contribution in [0.3, 0.4) is 0 Å². The Balaban J connectivity index is 2.14. The molecule has 1 aromatic rings. The molecule has 0 bridgehead atoms. The molecule has 2 N–H and O–H groups in total. The molecule has 0 unspecified atom stereocenters. The smallest absolute Gasteiger partial charge is 0.410 e. The van der Waals surface area contributed by atoms with Crippen molar-refractivity contribution in [2.24, 2.45) is 5.92 Å². The van der Waals surface area contributed by atoms with Crippen molar-refractivity contribution in [3.8, 4) is 0 Å². The van der Waals surface area contributed by atoms with E-state index in [0.29, 0.717) is 13.0 Å². The highest BCUT2D eigenvalue weighted by Crippen LogP contribution is 2.28. The van der Waals surface area contributed by atoms with Crippen molar-refractivity contribution in [1.82, 2.24) is 10.2 Å². The van der Waals surface area contributed by atoms with Gasteiger partial charge in [0.2, 0.25) is 5.91 Å². The van der Waals surface area contributed by atoms with Crippen LogP contribution in [0.15, 0.2) is 30.3 Å². The van der Waals surface area contributed by atoms with Crippen LogP contribution in [-0.2, 0) is 20.7 Å². The quantitative estimate of drug-likeness (QED) is 0.823. The lowest BCUT2D eigenvalue weighted by atomic mass is 9.96. The number of likely N-dealkylation sites (tertiary alicyclic amines) is 1. The Labute approximate surface area is 159 Å². The van der Waals surface area contributed by atoms with E-state index in [1.165, 1.54) is 11.8 Å². The number of ether oxygens (including phenoxy) is 1. The molecular weight excluding hydrogens is 348 g/mol. The van der Waals surface area contributed by atoms with Gasteiger partial charge >= 0.3 is 12.1 Å². The number of carbonyl (C=O) groups excluding carboxylic acids is 2. The first kappa shape index (κ1) is 20.7. The van der Waals surface area contributed by atoms with Gasteiger partial charge in [-0.1, -0.05) is 30.3 Å². The van der Waals surface area contributed by atoms with Gasteiger partial charge in [0.05, 0.1) is 0 Å². The molecule has 148 valence electrons. The third-order valence-corrected chi connectivity index (χ3v) is 4.41. The summed E-state index contributed by atoms with van der Waals surface area (Å²) >= 11 is 0. The van der Waals surface area contributed by atoms with Crippen molar-refractivity contribution >= 4 is 18.0 Å². The zero-order valence-electron chi connectivity index (χ0n) is 16.3. The summed E-state index contributed by atoms with van der Waals surface area (Å²) in [6, 6.07) is 8.11. The number of hydrogen-bond donors (Lipinski definition) is 2. The second-order valence-corrected chi connectivity index (χ2v) is 8.01. The number of hydrogen-bond acceptors (Lipinski definition) is 4. The number of nitrogens with one attached hydrogen (secondary N) is 1. The van der Waals surface area contributed by atoms with Gasteiger partial charge in [-0.2, -0.15) is 0 Å². The molecule has 7 heteroatoms. The summed E-state index contributed by atoms with van der Waals surface area (Å²) in [5.41, 5.74) is 0.455. The second-order valence-electron chi connectivity index (χ2n) is 8.01. The Morgan fingerprint density at radius 3 is 2.44 bits per heavy atom. The molecule has 0 aromatic heterocycles. The molecule has 1 fully saturated rings. The Kier molecular flexibility index (Phi) is 6.46. The molecule has 1 aliphatic heterocycles. The largest absolute Gasteiger partial charge is 0.480 e. The fourth-order valence-corrected chi connectivity index (χ4v) is 3.16. The van der Waals surface area contributed by atoms with Gasteiger partial charge in [-0.3, -0.25) is 14.5 Å². The van der Waals surface area contributed by atoms with Gasteiger partial charge in [-0.05, 0) is 52.0 Å². The lowest BCUT2D eigenvalue weighted by molar-refractivity contribution is -0.141. The maximum absolute atomic E-state index is 12.6. The number of amides is 2. The molecule has 2 rings (SSSR count). The number of benzene rings is 1. The lowest BCUT2D eigenvalue weighted by Gasteiger charge is -2.28. The third kappa shape index (κ3) is 5.98. The molecule has 3 atom stereocenters. The van der Waals surface area contributed by atoms with Crippen LogP contribution in [0.25, 0.3) is 0 Å². The van der Waals surface area contributed by atoms with E-state index >= 15 is 0 Å². The standard InChI is InChI=1S/C20H28N2O5/c1-13(18(24)25)21-17(23)16-11-15(10-14-8-6-5-7-9-14)12-22(16)19(26)27-20(2,3)4/h5-9,13,15-16H,10-12H2,1-4H3,(H,21,23)(H,24,25)/t13-,15-,16+/m0/s1. The van der Waals surface area contributed by atoms with Gasteiger partial charge < -0.3 is 15.2 Å². The molecule has 0 spiro atoms. The topological polar surface area (TPSA) is 95.9 Å². The molecule has 0 aliphatic carbocycles. The first-order chi connectivity index (χ1) is 12.6. The van der Waals surface area contributed by atoms with Crippen molar-refractivity contribution in [1.29, 1.82) is 0 Å². The number of nitrogens with zero attached hydrogens (tertiary/aromatic N) is 1. The van der Waals surface area contributed by atoms with E-state index in [4.69, 9.17) is 9.84 Å². The van der Waals surface area contributed by atoms with Gasteiger partial charge in [-0.15, -0.1) is 0 Å². The Bertz CT molecular complexity index is 683. The summed E-state index contributed by atoms with van der Waals surface area (Å²) in [5, 5.41) is 11.5. The number of carboxylic acids is 1. The van der Waals surface area contributed by atoms with E-state index in [2.05, 4.69) is 5.32 Å². The normalized spacial score (nSPS) is 20.8. The van der Waals surface area contributed by atoms with Crippen molar-refractivity contribution in [2.75, 3.05) is 6.54 Å². The number of carbonyl (C=O) groups is 3. The molecule has 1 saturated heterocycles. The average Bonchev–Trinajstić information content (AvgIpc) is 2.98. The zero-order valence-corrected chi connectivity index (χ0v) is 16.3. The second kappa shape index (κ2) is 8.41. The first-order valence-corrected chi connectivity index (χ1v) is 9.13. The van der Waals surface area contributed by atoms with Crippen LogP contribution >= 0.6 is 0 Å². The van der Waals surface area contributed by atoms with E-state index in [9.17, 15) is 14.4 Å². The van der Waals surface area contributed by atoms with Crippen LogP contribution in [-0.4, -0.2) is 52.2 Å². The monoisotopic (exact) mass is 376 g/mol. The van der Waals surface area contributed by atoms with Crippen LogP contribution in [0.4, 0.5) is 4.79 Å². The highest BCUT2D eigenvalue weighted by molar-refractivity contribution is 5.89. The fraction of sp³-hybridized carbons (Fsp3) is 0.550. The summed E-state index contributed by atoms with van der Waals surface area (Å²) in [6.07, 6.45) is 0.645. The van der Waals surface area contributed by atoms with E-state index in [-0.39, 0.29) is 5.92 Å². The number of carboxylic acid groups (broad SMARTS) is 1. The fourth-order valence-electron chi connectivity index (χ4n) is 3.16. The van der Waals surface area contributed by atoms with Crippen LogP contribution < -0.4 is 5.32 Å². The van der Waals surface area contributed by atoms with E-state index < -0.39 is 35.7 Å². The van der Waals surface area contributed by atoms with Crippen molar-refractivity contribution in [2.45, 2.75) is 58.2 Å². The van der Waals surface area contributed by atoms with E-state index in [0.717, 1.165) is 12.0 Å². The minimum Gasteiger partial charge on any atom is -0.480 e. The zero-order chi connectivity index (χ0) is 20.2. The van der Waals surface area contributed by atoms with E-state index in [1.54, 1.807) is 20.8 Å². The van der Waals surface area contributed by atoms with Crippen molar-refractivity contribution < 1.29 is 24.2 Å². The Hall–Kier alpha value is -2.57. The Morgan fingerprint density at radius 1 is 1.26 bits per heavy atom. The predicted molar refractivity (Wildman–Crippen MR) is 100 cm³/mol. The lowest BCUT2D eigenvalue weighted by Crippen LogP contribution is -2.50. The SMILES string of the molecule is C[C@H](NC(=O)[C@H]1C[C@H](Cc2ccccc2)CN1C(=O)OC(C)(C)C)C(=O)O. The molecular formula is C20H28N2O5. The highest BCUT2D eigenvalue weighted by Gasteiger charge is 2.41. The Morgan fingerprint density at radius 2 is 1.89 bits per heavy atom. The van der Waals surface area contributed by atoms with Gasteiger partial charge in [-0.25, -0.2) is 4.79 Å². The predicted octanol–water partition coefficient (Wildman–Crippen LogP) is 2.44. The summed E-state index contributed by atoms with van der Waals surface area (Å²) in [7, 11) is 0. The molecule has 1 aromatic carbocycles. The van der Waals surface area contributed by atoms with Crippen LogP contribution in [0.5, 0.6) is 0 Å². The number of rotatable bonds is 5. The minimum absolute atomic E-state index is 0.0933. The maximum Gasteiger partial charge on any atom is 0.410 e. The molecule has 27 heavy (non-hydrogen) atoms. The third-order valence-electron chi connectivity index (χ3n) is 4.41.